The fourth-order valence-electron chi connectivity index (χ4n) is 5.06. The molecule has 1 aromatic rings. The molecule has 5 heteroatoms. The fraction of sp³-hybridized carbons (Fsp3) is 0.667. The first-order chi connectivity index (χ1) is 12.7. The summed E-state index contributed by atoms with van der Waals surface area (Å²) < 4.78 is 0. The van der Waals surface area contributed by atoms with Gasteiger partial charge in [0, 0.05) is 25.7 Å². The van der Waals surface area contributed by atoms with Crippen LogP contribution in [0.4, 0.5) is 0 Å². The molecule has 0 spiro atoms. The third-order valence-corrected chi connectivity index (χ3v) is 6.71. The molecule has 4 rings (SSSR count). The van der Waals surface area contributed by atoms with Crippen molar-refractivity contribution in [1.29, 1.82) is 0 Å². The second-order valence-electron chi connectivity index (χ2n) is 8.28. The van der Waals surface area contributed by atoms with Gasteiger partial charge in [-0.25, -0.2) is 0 Å². The van der Waals surface area contributed by atoms with Crippen molar-refractivity contribution in [3.8, 4) is 0 Å². The SMILES string of the molecule is O=C(C1CNNC1C1CCCCC1)N1CCC(O)(c2ccccc2)CC1. The highest BCUT2D eigenvalue weighted by molar-refractivity contribution is 5.80. The molecule has 0 bridgehead atoms. The van der Waals surface area contributed by atoms with Crippen LogP contribution < -0.4 is 10.9 Å². The number of aliphatic hydroxyl groups is 1. The predicted molar refractivity (Wildman–Crippen MR) is 101 cm³/mol. The molecule has 2 heterocycles. The summed E-state index contributed by atoms with van der Waals surface area (Å²) in [5, 5.41) is 11.0. The smallest absolute Gasteiger partial charge is 0.228 e. The number of nitrogens with zero attached hydrogens (tertiary/aromatic N) is 1. The molecular formula is C21H31N3O2. The Morgan fingerprint density at radius 3 is 2.46 bits per heavy atom. The third kappa shape index (κ3) is 3.53. The van der Waals surface area contributed by atoms with E-state index in [1.165, 1.54) is 32.1 Å². The van der Waals surface area contributed by atoms with Crippen molar-refractivity contribution >= 4 is 5.91 Å². The van der Waals surface area contributed by atoms with Crippen molar-refractivity contribution in [2.75, 3.05) is 19.6 Å². The number of piperidine rings is 1. The highest BCUT2D eigenvalue weighted by atomic mass is 16.3. The summed E-state index contributed by atoms with van der Waals surface area (Å²) in [6, 6.07) is 10.1. The number of carbonyl (C=O) groups is 1. The van der Waals surface area contributed by atoms with Gasteiger partial charge >= 0.3 is 0 Å². The van der Waals surface area contributed by atoms with Crippen LogP contribution in [0.2, 0.25) is 0 Å². The van der Waals surface area contributed by atoms with Gasteiger partial charge in [-0.1, -0.05) is 49.6 Å². The molecule has 3 N–H and O–H groups in total. The van der Waals surface area contributed by atoms with Crippen LogP contribution in [0.15, 0.2) is 30.3 Å². The molecule has 5 nitrogen and oxygen atoms in total. The summed E-state index contributed by atoms with van der Waals surface area (Å²) >= 11 is 0. The van der Waals surface area contributed by atoms with Crippen LogP contribution in [-0.4, -0.2) is 41.6 Å². The van der Waals surface area contributed by atoms with Crippen molar-refractivity contribution in [3.63, 3.8) is 0 Å². The molecule has 2 saturated heterocycles. The molecule has 0 radical (unpaired) electrons. The number of amides is 1. The van der Waals surface area contributed by atoms with E-state index in [4.69, 9.17) is 0 Å². The summed E-state index contributed by atoms with van der Waals surface area (Å²) in [5.41, 5.74) is 6.80. The molecule has 1 saturated carbocycles. The van der Waals surface area contributed by atoms with Crippen LogP contribution in [0.3, 0.4) is 0 Å². The van der Waals surface area contributed by atoms with E-state index in [0.29, 0.717) is 31.8 Å². The molecule has 0 aromatic heterocycles. The molecule has 2 atom stereocenters. The Morgan fingerprint density at radius 1 is 1.08 bits per heavy atom. The van der Waals surface area contributed by atoms with E-state index in [2.05, 4.69) is 10.9 Å². The van der Waals surface area contributed by atoms with Gasteiger partial charge in [-0.05, 0) is 37.2 Å². The van der Waals surface area contributed by atoms with E-state index in [1.807, 2.05) is 35.2 Å². The van der Waals surface area contributed by atoms with Gasteiger partial charge in [0.05, 0.1) is 11.5 Å². The Balaban J connectivity index is 1.38. The number of rotatable bonds is 3. The highest BCUT2D eigenvalue weighted by Crippen LogP contribution is 2.35. The number of likely N-dealkylation sites (tertiary alicyclic amines) is 1. The molecule has 1 amide bonds. The van der Waals surface area contributed by atoms with Crippen molar-refractivity contribution < 1.29 is 9.90 Å². The zero-order valence-electron chi connectivity index (χ0n) is 15.5. The molecule has 1 aliphatic carbocycles. The molecular weight excluding hydrogens is 326 g/mol. The zero-order chi connectivity index (χ0) is 18.0. The van der Waals surface area contributed by atoms with Crippen molar-refractivity contribution in [2.45, 2.75) is 56.6 Å². The molecule has 26 heavy (non-hydrogen) atoms. The normalized spacial score (nSPS) is 29.7. The topological polar surface area (TPSA) is 64.6 Å². The Bertz CT molecular complexity index is 607. The molecule has 3 aliphatic rings. The molecule has 2 aliphatic heterocycles. The first-order valence-electron chi connectivity index (χ1n) is 10.2. The number of hydrogen-bond acceptors (Lipinski definition) is 4. The van der Waals surface area contributed by atoms with Gasteiger partial charge in [-0.15, -0.1) is 0 Å². The summed E-state index contributed by atoms with van der Waals surface area (Å²) in [6.07, 6.45) is 7.61. The van der Waals surface area contributed by atoms with Gasteiger partial charge in [0.2, 0.25) is 5.91 Å². The van der Waals surface area contributed by atoms with Crippen LogP contribution in [0.5, 0.6) is 0 Å². The minimum absolute atomic E-state index is 0.0287. The predicted octanol–water partition coefficient (Wildman–Crippen LogP) is 2.17. The lowest BCUT2D eigenvalue weighted by atomic mass is 9.78. The standard InChI is InChI=1S/C21H31N3O2/c25-20(18-15-22-23-19(18)16-7-3-1-4-8-16)24-13-11-21(26,12-14-24)17-9-5-2-6-10-17/h2,5-6,9-10,16,18-19,22-23,26H,1,3-4,7-8,11-15H2. The van der Waals surface area contributed by atoms with Crippen LogP contribution >= 0.6 is 0 Å². The minimum Gasteiger partial charge on any atom is -0.385 e. The van der Waals surface area contributed by atoms with E-state index in [9.17, 15) is 9.90 Å². The number of hydrogen-bond donors (Lipinski definition) is 3. The highest BCUT2D eigenvalue weighted by Gasteiger charge is 2.42. The zero-order valence-corrected chi connectivity index (χ0v) is 15.5. The van der Waals surface area contributed by atoms with E-state index in [0.717, 1.165) is 12.1 Å². The second-order valence-corrected chi connectivity index (χ2v) is 8.28. The maximum absolute atomic E-state index is 13.2. The quantitative estimate of drug-likeness (QED) is 0.776. The van der Waals surface area contributed by atoms with Gasteiger partial charge in [0.15, 0.2) is 0 Å². The first kappa shape index (κ1) is 18.0. The van der Waals surface area contributed by atoms with Crippen LogP contribution in [0, 0.1) is 11.8 Å². The lowest BCUT2D eigenvalue weighted by molar-refractivity contribution is -0.140. The number of hydrazine groups is 1. The van der Waals surface area contributed by atoms with Gasteiger partial charge in [0.1, 0.15) is 0 Å². The van der Waals surface area contributed by atoms with E-state index >= 15 is 0 Å². The number of nitrogens with one attached hydrogen (secondary N) is 2. The first-order valence-corrected chi connectivity index (χ1v) is 10.2. The Labute approximate surface area is 156 Å². The van der Waals surface area contributed by atoms with E-state index in [-0.39, 0.29) is 17.9 Å². The molecule has 142 valence electrons. The van der Waals surface area contributed by atoms with E-state index in [1.54, 1.807) is 0 Å². The van der Waals surface area contributed by atoms with Crippen molar-refractivity contribution in [2.24, 2.45) is 11.8 Å². The van der Waals surface area contributed by atoms with Gasteiger partial charge in [0.25, 0.3) is 0 Å². The van der Waals surface area contributed by atoms with Crippen LogP contribution in [0.1, 0.15) is 50.5 Å². The molecule has 2 unspecified atom stereocenters. The average Bonchev–Trinajstić information content (AvgIpc) is 3.19. The Kier molecular flexibility index (Phi) is 5.30. The number of carbonyl (C=O) groups excluding carboxylic acids is 1. The Hall–Kier alpha value is -1.43. The van der Waals surface area contributed by atoms with Crippen LogP contribution in [-0.2, 0) is 10.4 Å². The maximum Gasteiger partial charge on any atom is 0.228 e. The van der Waals surface area contributed by atoms with Crippen molar-refractivity contribution in [3.05, 3.63) is 35.9 Å². The van der Waals surface area contributed by atoms with Gasteiger partial charge < -0.3 is 10.0 Å². The maximum atomic E-state index is 13.2. The summed E-state index contributed by atoms with van der Waals surface area (Å²) in [5.74, 6) is 0.896. The third-order valence-electron chi connectivity index (χ3n) is 6.71. The summed E-state index contributed by atoms with van der Waals surface area (Å²) in [6.45, 7) is 2.00. The minimum atomic E-state index is -0.799. The fourth-order valence-corrected chi connectivity index (χ4v) is 5.06. The monoisotopic (exact) mass is 357 g/mol. The lowest BCUT2D eigenvalue weighted by Crippen LogP contribution is -2.50. The summed E-state index contributed by atoms with van der Waals surface area (Å²) in [7, 11) is 0. The van der Waals surface area contributed by atoms with Gasteiger partial charge in [-0.3, -0.25) is 15.6 Å². The second kappa shape index (κ2) is 7.67. The lowest BCUT2D eigenvalue weighted by Gasteiger charge is -2.40. The van der Waals surface area contributed by atoms with E-state index < -0.39 is 5.60 Å². The Morgan fingerprint density at radius 2 is 1.77 bits per heavy atom. The number of benzene rings is 1. The van der Waals surface area contributed by atoms with Crippen LogP contribution in [0.25, 0.3) is 0 Å². The largest absolute Gasteiger partial charge is 0.385 e. The summed E-state index contributed by atoms with van der Waals surface area (Å²) in [4.78, 5) is 15.1. The van der Waals surface area contributed by atoms with Gasteiger partial charge in [-0.2, -0.15) is 0 Å². The average molecular weight is 357 g/mol. The molecule has 3 fully saturated rings. The molecule has 1 aromatic carbocycles. The van der Waals surface area contributed by atoms with Crippen molar-refractivity contribution in [1.82, 2.24) is 15.8 Å².